The summed E-state index contributed by atoms with van der Waals surface area (Å²) in [5.74, 6) is 0.506. The van der Waals surface area contributed by atoms with E-state index in [1.807, 2.05) is 31.2 Å². The van der Waals surface area contributed by atoms with E-state index in [4.69, 9.17) is 0 Å². The third-order valence-electron chi connectivity index (χ3n) is 3.52. The normalized spacial score (nSPS) is 20.8. The lowest BCUT2D eigenvalue weighted by atomic mass is 10.2. The number of aryl methyl sites for hydroxylation is 1. The Labute approximate surface area is 113 Å². The van der Waals surface area contributed by atoms with Gasteiger partial charge in [0.25, 0.3) is 0 Å². The highest BCUT2D eigenvalue weighted by atomic mass is 16.2. The van der Waals surface area contributed by atoms with Crippen LogP contribution in [0.1, 0.15) is 18.9 Å². The van der Waals surface area contributed by atoms with Crippen LogP contribution in [0.3, 0.4) is 0 Å². The fourth-order valence-electron chi connectivity index (χ4n) is 2.08. The van der Waals surface area contributed by atoms with Crippen LogP contribution >= 0.6 is 0 Å². The second-order valence-corrected chi connectivity index (χ2v) is 5.43. The van der Waals surface area contributed by atoms with E-state index in [9.17, 15) is 9.59 Å². The number of carbonyl (C=O) groups excluding carboxylic acids is 2. The van der Waals surface area contributed by atoms with Crippen LogP contribution < -0.4 is 5.32 Å². The van der Waals surface area contributed by atoms with Crippen LogP contribution in [0.15, 0.2) is 24.3 Å². The smallest absolute Gasteiger partial charge is 0.243 e. The Bertz CT molecular complexity index is 481. The van der Waals surface area contributed by atoms with Crippen LogP contribution in [0, 0.1) is 18.8 Å². The molecular weight excluding hydrogens is 240 g/mol. The zero-order valence-corrected chi connectivity index (χ0v) is 11.6. The molecule has 4 heteroatoms. The van der Waals surface area contributed by atoms with Crippen molar-refractivity contribution < 1.29 is 9.59 Å². The van der Waals surface area contributed by atoms with E-state index in [1.54, 1.807) is 7.05 Å². The number of rotatable bonds is 4. The second kappa shape index (κ2) is 5.43. The molecule has 0 bridgehead atoms. The van der Waals surface area contributed by atoms with Crippen LogP contribution in [0.2, 0.25) is 0 Å². The Morgan fingerprint density at radius 2 is 1.89 bits per heavy atom. The van der Waals surface area contributed by atoms with Gasteiger partial charge in [0.1, 0.15) is 0 Å². The van der Waals surface area contributed by atoms with E-state index < -0.39 is 0 Å². The Balaban J connectivity index is 1.83. The summed E-state index contributed by atoms with van der Waals surface area (Å²) in [4.78, 5) is 25.2. The Hall–Kier alpha value is -1.84. The van der Waals surface area contributed by atoms with Crippen molar-refractivity contribution in [1.82, 2.24) is 4.90 Å². The first-order chi connectivity index (χ1) is 8.97. The van der Waals surface area contributed by atoms with Crippen molar-refractivity contribution in [1.29, 1.82) is 0 Å². The van der Waals surface area contributed by atoms with Crippen molar-refractivity contribution in [3.8, 4) is 0 Å². The summed E-state index contributed by atoms with van der Waals surface area (Å²) in [6.45, 7) is 4.16. The number of nitrogens with one attached hydrogen (secondary N) is 1. The molecule has 19 heavy (non-hydrogen) atoms. The number of benzene rings is 1. The molecule has 0 heterocycles. The monoisotopic (exact) mass is 260 g/mol. The van der Waals surface area contributed by atoms with Gasteiger partial charge in [-0.05, 0) is 31.4 Å². The standard InChI is InChI=1S/C15H20N2O2/c1-10-4-6-12(7-5-10)16-14(18)9-17(3)15(19)13-8-11(13)2/h4-7,11,13H,8-9H2,1-3H3,(H,16,18)/t11-,13-/m0/s1. The molecule has 102 valence electrons. The predicted octanol–water partition coefficient (Wildman–Crippen LogP) is 2.05. The van der Waals surface area contributed by atoms with E-state index >= 15 is 0 Å². The third kappa shape index (κ3) is 3.56. The fraction of sp³-hybridized carbons (Fsp3) is 0.467. The highest BCUT2D eigenvalue weighted by Crippen LogP contribution is 2.38. The summed E-state index contributed by atoms with van der Waals surface area (Å²) in [6.07, 6.45) is 0.947. The molecule has 0 spiro atoms. The highest BCUT2D eigenvalue weighted by molar-refractivity contribution is 5.95. The van der Waals surface area contributed by atoms with Gasteiger partial charge in [0.15, 0.2) is 0 Å². The average Bonchev–Trinajstić information content (AvgIpc) is 3.08. The molecule has 0 radical (unpaired) electrons. The first-order valence-corrected chi connectivity index (χ1v) is 6.59. The zero-order chi connectivity index (χ0) is 14.0. The molecule has 1 aromatic rings. The van der Waals surface area contributed by atoms with Gasteiger partial charge < -0.3 is 10.2 Å². The van der Waals surface area contributed by atoms with E-state index in [0.29, 0.717) is 5.92 Å². The van der Waals surface area contributed by atoms with Gasteiger partial charge in [-0.2, -0.15) is 0 Å². The fourth-order valence-corrected chi connectivity index (χ4v) is 2.08. The molecule has 2 rings (SSSR count). The van der Waals surface area contributed by atoms with Crippen molar-refractivity contribution in [3.63, 3.8) is 0 Å². The number of anilines is 1. The number of nitrogens with zero attached hydrogens (tertiary/aromatic N) is 1. The molecule has 0 aliphatic heterocycles. The molecule has 4 nitrogen and oxygen atoms in total. The summed E-state index contributed by atoms with van der Waals surface area (Å²) in [7, 11) is 1.68. The van der Waals surface area contributed by atoms with Crippen LogP contribution in [-0.4, -0.2) is 30.3 Å². The van der Waals surface area contributed by atoms with Gasteiger partial charge in [-0.15, -0.1) is 0 Å². The molecule has 1 aliphatic carbocycles. The van der Waals surface area contributed by atoms with Gasteiger partial charge in [-0.25, -0.2) is 0 Å². The van der Waals surface area contributed by atoms with Crippen molar-refractivity contribution in [3.05, 3.63) is 29.8 Å². The number of carbonyl (C=O) groups is 2. The molecular formula is C15H20N2O2. The minimum Gasteiger partial charge on any atom is -0.336 e. The molecule has 2 atom stereocenters. The van der Waals surface area contributed by atoms with Crippen LogP contribution in [0.25, 0.3) is 0 Å². The van der Waals surface area contributed by atoms with E-state index in [1.165, 1.54) is 4.90 Å². The molecule has 1 aliphatic rings. The number of amides is 2. The Morgan fingerprint density at radius 1 is 1.32 bits per heavy atom. The zero-order valence-electron chi connectivity index (χ0n) is 11.6. The highest BCUT2D eigenvalue weighted by Gasteiger charge is 2.40. The van der Waals surface area contributed by atoms with Crippen molar-refractivity contribution in [2.24, 2.45) is 11.8 Å². The van der Waals surface area contributed by atoms with Gasteiger partial charge in [-0.1, -0.05) is 24.6 Å². The maximum absolute atomic E-state index is 11.9. The first-order valence-electron chi connectivity index (χ1n) is 6.59. The Morgan fingerprint density at radius 3 is 2.42 bits per heavy atom. The van der Waals surface area contributed by atoms with Gasteiger partial charge in [0, 0.05) is 18.7 Å². The van der Waals surface area contributed by atoms with Crippen LogP contribution in [0.5, 0.6) is 0 Å². The number of likely N-dealkylation sites (N-methyl/N-ethyl adjacent to an activating group) is 1. The number of hydrogen-bond acceptors (Lipinski definition) is 2. The molecule has 0 unspecified atom stereocenters. The maximum Gasteiger partial charge on any atom is 0.243 e. The summed E-state index contributed by atoms with van der Waals surface area (Å²) in [6, 6.07) is 7.60. The number of hydrogen-bond donors (Lipinski definition) is 1. The molecule has 0 aromatic heterocycles. The van der Waals surface area contributed by atoms with E-state index in [0.717, 1.165) is 17.7 Å². The van der Waals surface area contributed by atoms with Crippen molar-refractivity contribution >= 4 is 17.5 Å². The van der Waals surface area contributed by atoms with E-state index in [2.05, 4.69) is 12.2 Å². The van der Waals surface area contributed by atoms with Gasteiger partial charge in [0.05, 0.1) is 6.54 Å². The lowest BCUT2D eigenvalue weighted by Crippen LogP contribution is -2.36. The quantitative estimate of drug-likeness (QED) is 0.900. The second-order valence-electron chi connectivity index (χ2n) is 5.43. The molecule has 2 amide bonds. The van der Waals surface area contributed by atoms with E-state index in [-0.39, 0.29) is 24.3 Å². The summed E-state index contributed by atoms with van der Waals surface area (Å²) in [5.41, 5.74) is 1.91. The molecule has 0 saturated heterocycles. The van der Waals surface area contributed by atoms with Gasteiger partial charge >= 0.3 is 0 Å². The SMILES string of the molecule is Cc1ccc(NC(=O)CN(C)C(=O)[C@H]2C[C@@H]2C)cc1. The molecule has 1 aromatic carbocycles. The Kier molecular flexibility index (Phi) is 3.88. The first kappa shape index (κ1) is 13.6. The average molecular weight is 260 g/mol. The lowest BCUT2D eigenvalue weighted by molar-refractivity contribution is -0.134. The van der Waals surface area contributed by atoms with Gasteiger partial charge in [-0.3, -0.25) is 9.59 Å². The minimum atomic E-state index is -0.159. The maximum atomic E-state index is 11.9. The summed E-state index contributed by atoms with van der Waals surface area (Å²) < 4.78 is 0. The molecule has 1 N–H and O–H groups in total. The minimum absolute atomic E-state index is 0.0755. The van der Waals surface area contributed by atoms with Crippen LogP contribution in [0.4, 0.5) is 5.69 Å². The van der Waals surface area contributed by atoms with Crippen molar-refractivity contribution in [2.45, 2.75) is 20.3 Å². The van der Waals surface area contributed by atoms with Crippen LogP contribution in [-0.2, 0) is 9.59 Å². The van der Waals surface area contributed by atoms with Gasteiger partial charge in [0.2, 0.25) is 11.8 Å². The topological polar surface area (TPSA) is 49.4 Å². The predicted molar refractivity (Wildman–Crippen MR) is 74.7 cm³/mol. The lowest BCUT2D eigenvalue weighted by Gasteiger charge is -2.16. The summed E-state index contributed by atoms with van der Waals surface area (Å²) in [5, 5.41) is 2.79. The third-order valence-corrected chi connectivity index (χ3v) is 3.52. The largest absolute Gasteiger partial charge is 0.336 e. The summed E-state index contributed by atoms with van der Waals surface area (Å²) >= 11 is 0. The molecule has 1 fully saturated rings. The molecule has 1 saturated carbocycles. The van der Waals surface area contributed by atoms with Crippen molar-refractivity contribution in [2.75, 3.05) is 18.9 Å².